The summed E-state index contributed by atoms with van der Waals surface area (Å²) in [6.07, 6.45) is 0.851. The van der Waals surface area contributed by atoms with Crippen molar-refractivity contribution in [1.29, 1.82) is 0 Å². The molecule has 0 aliphatic heterocycles. The van der Waals surface area contributed by atoms with Crippen molar-refractivity contribution in [2.24, 2.45) is 0 Å². The van der Waals surface area contributed by atoms with Gasteiger partial charge in [0.2, 0.25) is 11.8 Å². The number of hydrogen-bond acceptors (Lipinski definition) is 4. The van der Waals surface area contributed by atoms with E-state index in [1.54, 1.807) is 30.1 Å². The lowest BCUT2D eigenvalue weighted by Gasteiger charge is -2.20. The second-order valence-electron chi connectivity index (χ2n) is 4.67. The number of nitrogen functional groups attached to an aromatic ring is 1. The molecular weight excluding hydrogens is 292 g/mol. The number of nitrogens with zero attached hydrogens (tertiary/aromatic N) is 1. The van der Waals surface area contributed by atoms with Gasteiger partial charge in [0.1, 0.15) is 0 Å². The molecule has 0 aliphatic rings. The summed E-state index contributed by atoms with van der Waals surface area (Å²) in [5.41, 5.74) is 6.65. The molecule has 0 radical (unpaired) electrons. The second-order valence-corrected chi connectivity index (χ2v) is 5.08. The van der Waals surface area contributed by atoms with E-state index in [1.165, 1.54) is 0 Å². The first-order valence-electron chi connectivity index (χ1n) is 6.74. The molecular formula is C14H21ClN4O2. The van der Waals surface area contributed by atoms with E-state index < -0.39 is 0 Å². The third kappa shape index (κ3) is 6.01. The predicted molar refractivity (Wildman–Crippen MR) is 85.3 cm³/mol. The topological polar surface area (TPSA) is 87.5 Å². The lowest BCUT2D eigenvalue weighted by molar-refractivity contribution is -0.123. The van der Waals surface area contributed by atoms with E-state index in [4.69, 9.17) is 17.3 Å². The van der Waals surface area contributed by atoms with E-state index in [0.29, 0.717) is 22.9 Å². The Balaban J connectivity index is 2.64. The van der Waals surface area contributed by atoms with Crippen LogP contribution in [0.25, 0.3) is 0 Å². The number of hydrogen-bond donors (Lipinski definition) is 3. The molecule has 0 heterocycles. The Morgan fingerprint density at radius 3 is 2.57 bits per heavy atom. The molecule has 0 spiro atoms. The van der Waals surface area contributed by atoms with Gasteiger partial charge in [-0.2, -0.15) is 0 Å². The lowest BCUT2D eigenvalue weighted by Crippen LogP contribution is -2.40. The highest BCUT2D eigenvalue weighted by Gasteiger charge is 2.14. The number of benzene rings is 1. The molecule has 0 aromatic heterocycles. The van der Waals surface area contributed by atoms with Crippen LogP contribution < -0.4 is 16.4 Å². The summed E-state index contributed by atoms with van der Waals surface area (Å²) in [6, 6.07) is 4.89. The first-order chi connectivity index (χ1) is 9.96. The number of nitrogens with one attached hydrogen (secondary N) is 2. The summed E-state index contributed by atoms with van der Waals surface area (Å²) < 4.78 is 0. The number of carbonyl (C=O) groups is 2. The van der Waals surface area contributed by atoms with Gasteiger partial charge < -0.3 is 16.4 Å². The molecule has 116 valence electrons. The van der Waals surface area contributed by atoms with Crippen LogP contribution in [0.3, 0.4) is 0 Å². The first kappa shape index (κ1) is 17.3. The maximum atomic E-state index is 12.0. The summed E-state index contributed by atoms with van der Waals surface area (Å²) in [5, 5.41) is 5.67. The highest BCUT2D eigenvalue weighted by molar-refractivity contribution is 6.33. The van der Waals surface area contributed by atoms with E-state index in [2.05, 4.69) is 10.6 Å². The number of likely N-dealkylation sites (N-methyl/N-ethyl adjacent to an activating group) is 1. The van der Waals surface area contributed by atoms with Gasteiger partial charge in [-0.3, -0.25) is 14.5 Å². The van der Waals surface area contributed by atoms with Gasteiger partial charge in [-0.1, -0.05) is 18.5 Å². The number of rotatable bonds is 7. The van der Waals surface area contributed by atoms with Crippen molar-refractivity contribution in [3.63, 3.8) is 0 Å². The molecule has 1 aromatic rings. The fourth-order valence-electron chi connectivity index (χ4n) is 1.84. The molecule has 1 rings (SSSR count). The Kier molecular flexibility index (Phi) is 6.98. The molecule has 7 heteroatoms. The molecule has 0 unspecified atom stereocenters. The van der Waals surface area contributed by atoms with Crippen LogP contribution in [0.15, 0.2) is 18.2 Å². The quantitative estimate of drug-likeness (QED) is 0.663. The molecule has 0 fully saturated rings. The monoisotopic (exact) mass is 312 g/mol. The van der Waals surface area contributed by atoms with Crippen molar-refractivity contribution in [3.05, 3.63) is 23.2 Å². The third-order valence-corrected chi connectivity index (χ3v) is 3.15. The van der Waals surface area contributed by atoms with Gasteiger partial charge in [0.15, 0.2) is 0 Å². The third-order valence-electron chi connectivity index (χ3n) is 2.82. The van der Waals surface area contributed by atoms with E-state index in [0.717, 1.165) is 6.42 Å². The Bertz CT molecular complexity index is 508. The van der Waals surface area contributed by atoms with E-state index in [1.807, 2.05) is 6.92 Å². The Morgan fingerprint density at radius 1 is 1.29 bits per heavy atom. The molecule has 6 nitrogen and oxygen atoms in total. The average molecular weight is 313 g/mol. The van der Waals surface area contributed by atoms with Crippen LogP contribution in [0, 0.1) is 0 Å². The summed E-state index contributed by atoms with van der Waals surface area (Å²) in [5.74, 6) is -0.363. The van der Waals surface area contributed by atoms with Gasteiger partial charge >= 0.3 is 0 Å². The number of anilines is 2. The van der Waals surface area contributed by atoms with Crippen LogP contribution in [0.2, 0.25) is 5.02 Å². The Hall–Kier alpha value is -1.79. The van der Waals surface area contributed by atoms with Crippen LogP contribution in [0.1, 0.15) is 13.3 Å². The largest absolute Gasteiger partial charge is 0.399 e. The lowest BCUT2D eigenvalue weighted by atomic mass is 10.2. The van der Waals surface area contributed by atoms with E-state index in [9.17, 15) is 9.59 Å². The summed E-state index contributed by atoms with van der Waals surface area (Å²) in [6.45, 7) is 2.95. The zero-order chi connectivity index (χ0) is 15.8. The van der Waals surface area contributed by atoms with Gasteiger partial charge in [0, 0.05) is 12.7 Å². The minimum atomic E-state index is -0.236. The van der Waals surface area contributed by atoms with Gasteiger partial charge in [-0.15, -0.1) is 0 Å². The number of nitrogens with two attached hydrogens (primary N) is 1. The van der Waals surface area contributed by atoms with Crippen LogP contribution in [0.5, 0.6) is 0 Å². The Morgan fingerprint density at radius 2 is 1.95 bits per heavy atom. The van der Waals surface area contributed by atoms with E-state index in [-0.39, 0.29) is 24.9 Å². The van der Waals surface area contributed by atoms with Crippen molar-refractivity contribution in [2.75, 3.05) is 37.7 Å². The van der Waals surface area contributed by atoms with Crippen LogP contribution >= 0.6 is 11.6 Å². The maximum Gasteiger partial charge on any atom is 0.238 e. The number of halogens is 1. The highest BCUT2D eigenvalue weighted by Crippen LogP contribution is 2.23. The second kappa shape index (κ2) is 8.49. The Labute approximate surface area is 129 Å². The van der Waals surface area contributed by atoms with Crippen LogP contribution in [0.4, 0.5) is 11.4 Å². The smallest absolute Gasteiger partial charge is 0.238 e. The molecule has 0 atom stereocenters. The van der Waals surface area contributed by atoms with Crippen LogP contribution in [-0.4, -0.2) is 43.4 Å². The predicted octanol–water partition coefficient (Wildman–Crippen LogP) is 1.32. The standard InChI is InChI=1S/C14H21ClN4O2/c1-3-6-19(8-13(20)17-2)9-14(21)18-12-7-10(16)4-5-11(12)15/h4-5,7H,3,6,8-9,16H2,1-2H3,(H,17,20)(H,18,21). The average Bonchev–Trinajstić information content (AvgIpc) is 2.42. The summed E-state index contributed by atoms with van der Waals surface area (Å²) in [7, 11) is 1.57. The zero-order valence-corrected chi connectivity index (χ0v) is 13.0. The zero-order valence-electron chi connectivity index (χ0n) is 12.3. The highest BCUT2D eigenvalue weighted by atomic mass is 35.5. The summed E-state index contributed by atoms with van der Waals surface area (Å²) >= 11 is 6.00. The molecule has 0 saturated heterocycles. The summed E-state index contributed by atoms with van der Waals surface area (Å²) in [4.78, 5) is 25.2. The van der Waals surface area contributed by atoms with Crippen molar-refractivity contribution in [1.82, 2.24) is 10.2 Å². The van der Waals surface area contributed by atoms with Crippen molar-refractivity contribution in [3.8, 4) is 0 Å². The number of amides is 2. The van der Waals surface area contributed by atoms with Gasteiger partial charge in [-0.05, 0) is 31.2 Å². The maximum absolute atomic E-state index is 12.0. The fourth-order valence-corrected chi connectivity index (χ4v) is 2.01. The first-order valence-corrected chi connectivity index (χ1v) is 7.11. The molecule has 2 amide bonds. The molecule has 4 N–H and O–H groups in total. The molecule has 21 heavy (non-hydrogen) atoms. The number of carbonyl (C=O) groups excluding carboxylic acids is 2. The van der Waals surface area contributed by atoms with Crippen molar-refractivity contribution >= 4 is 34.8 Å². The van der Waals surface area contributed by atoms with Gasteiger partial charge in [0.25, 0.3) is 0 Å². The van der Waals surface area contributed by atoms with E-state index >= 15 is 0 Å². The van der Waals surface area contributed by atoms with Crippen LogP contribution in [-0.2, 0) is 9.59 Å². The van der Waals surface area contributed by atoms with Crippen molar-refractivity contribution in [2.45, 2.75) is 13.3 Å². The SMILES string of the molecule is CCCN(CC(=O)NC)CC(=O)Nc1cc(N)ccc1Cl. The normalized spacial score (nSPS) is 10.5. The molecule has 0 saturated carbocycles. The van der Waals surface area contributed by atoms with Gasteiger partial charge in [-0.25, -0.2) is 0 Å². The molecule has 0 aliphatic carbocycles. The fraction of sp³-hybridized carbons (Fsp3) is 0.429. The van der Waals surface area contributed by atoms with Crippen molar-refractivity contribution < 1.29 is 9.59 Å². The molecule has 1 aromatic carbocycles. The minimum Gasteiger partial charge on any atom is -0.399 e. The minimum absolute atomic E-state index is 0.117. The molecule has 0 bridgehead atoms. The van der Waals surface area contributed by atoms with Gasteiger partial charge in [0.05, 0.1) is 23.8 Å².